The smallest absolute Gasteiger partial charge is 0.301 e. The normalized spacial score (nSPS) is 10.9. The molecule has 0 fully saturated rings. The van der Waals surface area contributed by atoms with Gasteiger partial charge in [0.15, 0.2) is 11.5 Å². The van der Waals surface area contributed by atoms with Crippen molar-refractivity contribution in [1.29, 1.82) is 0 Å². The van der Waals surface area contributed by atoms with Crippen LogP contribution in [0.4, 0.5) is 0 Å². The molecule has 26 heavy (non-hydrogen) atoms. The molecule has 1 heterocycles. The standard InChI is InChI=1S/C19H18N4O3/c1-13-21-22-18(14-7-5-4-6-8-14)19(24)23(13)20-12-15-9-10-16(25-2)11-17(15)26-3/h4-12H,1-3H3. The highest BCUT2D eigenvalue weighted by molar-refractivity contribution is 5.83. The number of hydrogen-bond donors (Lipinski definition) is 0. The fourth-order valence-corrected chi connectivity index (χ4v) is 2.41. The number of benzene rings is 2. The summed E-state index contributed by atoms with van der Waals surface area (Å²) in [4.78, 5) is 12.8. The number of nitrogens with zero attached hydrogens (tertiary/aromatic N) is 4. The van der Waals surface area contributed by atoms with Crippen LogP contribution in [-0.2, 0) is 0 Å². The Labute approximate surface area is 150 Å². The lowest BCUT2D eigenvalue weighted by atomic mass is 10.2. The van der Waals surface area contributed by atoms with Crippen molar-refractivity contribution in [3.63, 3.8) is 0 Å². The number of aromatic nitrogens is 3. The maximum absolute atomic E-state index is 12.8. The largest absolute Gasteiger partial charge is 0.497 e. The van der Waals surface area contributed by atoms with Gasteiger partial charge in [0.2, 0.25) is 0 Å². The Morgan fingerprint density at radius 2 is 1.81 bits per heavy atom. The number of rotatable bonds is 5. The molecular formula is C19H18N4O3. The molecule has 0 saturated heterocycles. The quantitative estimate of drug-likeness (QED) is 0.661. The molecule has 0 unspecified atom stereocenters. The van der Waals surface area contributed by atoms with Gasteiger partial charge in [-0.1, -0.05) is 30.3 Å². The third-order valence-corrected chi connectivity index (χ3v) is 3.80. The highest BCUT2D eigenvalue weighted by Crippen LogP contribution is 2.23. The van der Waals surface area contributed by atoms with Crippen molar-refractivity contribution in [2.24, 2.45) is 5.10 Å². The number of aryl methyl sites for hydroxylation is 1. The molecule has 3 aromatic rings. The lowest BCUT2D eigenvalue weighted by Gasteiger charge is -2.08. The van der Waals surface area contributed by atoms with Crippen LogP contribution in [-0.4, -0.2) is 35.3 Å². The van der Waals surface area contributed by atoms with Gasteiger partial charge >= 0.3 is 5.56 Å². The van der Waals surface area contributed by atoms with Gasteiger partial charge < -0.3 is 9.47 Å². The molecule has 1 aromatic heterocycles. The van der Waals surface area contributed by atoms with Gasteiger partial charge in [-0.2, -0.15) is 9.78 Å². The number of hydrogen-bond acceptors (Lipinski definition) is 6. The summed E-state index contributed by atoms with van der Waals surface area (Å²) in [5.74, 6) is 1.65. The monoisotopic (exact) mass is 350 g/mol. The van der Waals surface area contributed by atoms with Crippen molar-refractivity contribution < 1.29 is 9.47 Å². The minimum absolute atomic E-state index is 0.245. The predicted octanol–water partition coefficient (Wildman–Crippen LogP) is 2.51. The second kappa shape index (κ2) is 7.60. The van der Waals surface area contributed by atoms with Crippen molar-refractivity contribution in [2.45, 2.75) is 6.92 Å². The van der Waals surface area contributed by atoms with E-state index in [0.717, 1.165) is 0 Å². The van der Waals surface area contributed by atoms with E-state index in [2.05, 4.69) is 15.3 Å². The minimum atomic E-state index is -0.340. The van der Waals surface area contributed by atoms with Crippen LogP contribution in [0.3, 0.4) is 0 Å². The highest BCUT2D eigenvalue weighted by atomic mass is 16.5. The van der Waals surface area contributed by atoms with Crippen molar-refractivity contribution in [2.75, 3.05) is 14.2 Å². The third kappa shape index (κ3) is 3.46. The third-order valence-electron chi connectivity index (χ3n) is 3.80. The molecular weight excluding hydrogens is 332 g/mol. The summed E-state index contributed by atoms with van der Waals surface area (Å²) in [6.45, 7) is 1.67. The van der Waals surface area contributed by atoms with E-state index in [9.17, 15) is 4.79 Å². The molecule has 0 atom stereocenters. The summed E-state index contributed by atoms with van der Waals surface area (Å²) in [5.41, 5.74) is 1.30. The molecule has 0 aliphatic carbocycles. The van der Waals surface area contributed by atoms with Crippen molar-refractivity contribution in [3.8, 4) is 22.8 Å². The van der Waals surface area contributed by atoms with Crippen molar-refractivity contribution in [3.05, 3.63) is 70.3 Å². The fraction of sp³-hybridized carbons (Fsp3) is 0.158. The molecule has 3 rings (SSSR count). The second-order valence-electron chi connectivity index (χ2n) is 5.43. The van der Waals surface area contributed by atoms with Crippen molar-refractivity contribution >= 4 is 6.21 Å². The Hall–Kier alpha value is -3.48. The molecule has 0 amide bonds. The molecule has 0 aliphatic heterocycles. The van der Waals surface area contributed by atoms with Crippen LogP contribution in [0.15, 0.2) is 58.4 Å². The van der Waals surface area contributed by atoms with E-state index in [-0.39, 0.29) is 11.3 Å². The molecule has 0 N–H and O–H groups in total. The summed E-state index contributed by atoms with van der Waals surface area (Å²) in [6.07, 6.45) is 1.54. The van der Waals surface area contributed by atoms with Gasteiger partial charge in [0.05, 0.1) is 20.4 Å². The Morgan fingerprint density at radius 1 is 1.04 bits per heavy atom. The van der Waals surface area contributed by atoms with Crippen LogP contribution in [0, 0.1) is 6.92 Å². The van der Waals surface area contributed by atoms with Gasteiger partial charge in [-0.05, 0) is 19.1 Å². The molecule has 0 radical (unpaired) electrons. The maximum atomic E-state index is 12.8. The van der Waals surface area contributed by atoms with Crippen molar-refractivity contribution in [1.82, 2.24) is 14.9 Å². The van der Waals surface area contributed by atoms with Gasteiger partial charge in [-0.25, -0.2) is 0 Å². The van der Waals surface area contributed by atoms with Gasteiger partial charge in [0.1, 0.15) is 11.5 Å². The molecule has 0 bridgehead atoms. The Balaban J connectivity index is 2.03. The number of methoxy groups -OCH3 is 2. The molecule has 7 nitrogen and oxygen atoms in total. The summed E-state index contributed by atoms with van der Waals surface area (Å²) >= 11 is 0. The predicted molar refractivity (Wildman–Crippen MR) is 99.0 cm³/mol. The zero-order chi connectivity index (χ0) is 18.5. The summed E-state index contributed by atoms with van der Waals surface area (Å²) in [5, 5.41) is 12.3. The van der Waals surface area contributed by atoms with E-state index >= 15 is 0 Å². The molecule has 0 aliphatic rings. The van der Waals surface area contributed by atoms with Crippen LogP contribution < -0.4 is 15.0 Å². The highest BCUT2D eigenvalue weighted by Gasteiger charge is 2.11. The zero-order valence-electron chi connectivity index (χ0n) is 14.7. The van der Waals surface area contributed by atoms with E-state index in [1.807, 2.05) is 18.2 Å². The van der Waals surface area contributed by atoms with E-state index in [4.69, 9.17) is 9.47 Å². The lowest BCUT2D eigenvalue weighted by molar-refractivity contribution is 0.394. The van der Waals surface area contributed by atoms with Gasteiger partial charge in [-0.3, -0.25) is 4.79 Å². The average Bonchev–Trinajstić information content (AvgIpc) is 2.68. The Morgan fingerprint density at radius 3 is 2.50 bits per heavy atom. The summed E-state index contributed by atoms with van der Waals surface area (Å²) in [6, 6.07) is 14.5. The fourth-order valence-electron chi connectivity index (χ4n) is 2.41. The topological polar surface area (TPSA) is 78.6 Å². The zero-order valence-corrected chi connectivity index (χ0v) is 14.7. The van der Waals surface area contributed by atoms with Crippen LogP contribution >= 0.6 is 0 Å². The number of ether oxygens (including phenoxy) is 2. The first-order valence-electron chi connectivity index (χ1n) is 7.92. The Kier molecular flexibility index (Phi) is 5.07. The maximum Gasteiger partial charge on any atom is 0.301 e. The lowest BCUT2D eigenvalue weighted by Crippen LogP contribution is -2.24. The van der Waals surface area contributed by atoms with E-state index < -0.39 is 0 Å². The van der Waals surface area contributed by atoms with Crippen LogP contribution in [0.1, 0.15) is 11.4 Å². The SMILES string of the molecule is COc1ccc(C=Nn2c(C)nnc(-c3ccccc3)c2=O)c(OC)c1. The second-order valence-corrected chi connectivity index (χ2v) is 5.43. The van der Waals surface area contributed by atoms with Gasteiger partial charge in [0.25, 0.3) is 0 Å². The van der Waals surface area contributed by atoms with Crippen LogP contribution in [0.2, 0.25) is 0 Å². The summed E-state index contributed by atoms with van der Waals surface area (Å²) in [7, 11) is 3.14. The molecule has 0 spiro atoms. The van der Waals surface area contributed by atoms with E-state index in [1.54, 1.807) is 57.7 Å². The first-order valence-corrected chi connectivity index (χ1v) is 7.92. The molecule has 2 aromatic carbocycles. The first kappa shape index (κ1) is 17.3. The Bertz CT molecular complexity index is 997. The molecule has 7 heteroatoms. The minimum Gasteiger partial charge on any atom is -0.497 e. The summed E-state index contributed by atoms with van der Waals surface area (Å²) < 4.78 is 11.7. The van der Waals surface area contributed by atoms with Crippen LogP contribution in [0.25, 0.3) is 11.3 Å². The molecule has 0 saturated carbocycles. The average molecular weight is 350 g/mol. The van der Waals surface area contributed by atoms with E-state index in [1.165, 1.54) is 4.68 Å². The molecule has 132 valence electrons. The van der Waals surface area contributed by atoms with E-state index in [0.29, 0.717) is 28.5 Å². The van der Waals surface area contributed by atoms with Gasteiger partial charge in [-0.15, -0.1) is 10.2 Å². The van der Waals surface area contributed by atoms with Gasteiger partial charge in [0, 0.05) is 17.2 Å². The van der Waals surface area contributed by atoms with Crippen LogP contribution in [0.5, 0.6) is 11.5 Å². The first-order chi connectivity index (χ1) is 12.6.